The first-order valence-corrected chi connectivity index (χ1v) is 12.4. The lowest BCUT2D eigenvalue weighted by molar-refractivity contribution is -0.145. The molecule has 36 heavy (non-hydrogen) atoms. The highest BCUT2D eigenvalue weighted by molar-refractivity contribution is 9.10. The van der Waals surface area contributed by atoms with E-state index in [2.05, 4.69) is 31.8 Å². The van der Waals surface area contributed by atoms with Gasteiger partial charge in [0.05, 0.1) is 23.9 Å². The molecule has 0 aliphatic rings. The molecule has 0 heterocycles. The van der Waals surface area contributed by atoms with Crippen molar-refractivity contribution >= 4 is 39.9 Å². The van der Waals surface area contributed by atoms with Crippen LogP contribution < -0.4 is 20.2 Å². The molecule has 0 saturated heterocycles. The summed E-state index contributed by atoms with van der Waals surface area (Å²) in [5.74, 6) is -0.686. The standard InChI is InChI=1S/C26H32BrN3O6/c1-6-34-21-13-18(12-20(27)24(21)36-15-22(31)35-7-2)14-28-30-26(33)23(16(3)4)29-25(32)19-10-8-17(5)9-11-19/h8-14,16,23H,6-7,15H2,1-5H3,(H,29,32)(H,30,33)/b28-14+. The van der Waals surface area contributed by atoms with E-state index in [-0.39, 0.29) is 25.0 Å². The number of nitrogens with zero attached hydrogens (tertiary/aromatic N) is 1. The van der Waals surface area contributed by atoms with Crippen LogP contribution in [0.3, 0.4) is 0 Å². The van der Waals surface area contributed by atoms with Crippen LogP contribution in [0.5, 0.6) is 11.5 Å². The molecule has 1 atom stereocenters. The Balaban J connectivity index is 2.09. The summed E-state index contributed by atoms with van der Waals surface area (Å²) in [6.45, 7) is 9.51. The van der Waals surface area contributed by atoms with Gasteiger partial charge >= 0.3 is 5.97 Å². The van der Waals surface area contributed by atoms with Gasteiger partial charge in [0, 0.05) is 5.56 Å². The number of hydrogen-bond acceptors (Lipinski definition) is 7. The Morgan fingerprint density at radius 2 is 1.75 bits per heavy atom. The van der Waals surface area contributed by atoms with Crippen LogP contribution in [0.15, 0.2) is 46.0 Å². The Morgan fingerprint density at radius 3 is 2.36 bits per heavy atom. The first-order valence-electron chi connectivity index (χ1n) is 11.6. The van der Waals surface area contributed by atoms with Crippen molar-refractivity contribution in [1.29, 1.82) is 0 Å². The number of carbonyl (C=O) groups is 3. The van der Waals surface area contributed by atoms with E-state index < -0.39 is 17.9 Å². The lowest BCUT2D eigenvalue weighted by Gasteiger charge is -2.20. The van der Waals surface area contributed by atoms with E-state index in [1.165, 1.54) is 6.21 Å². The highest BCUT2D eigenvalue weighted by atomic mass is 79.9. The lowest BCUT2D eigenvalue weighted by atomic mass is 10.0. The number of esters is 1. The van der Waals surface area contributed by atoms with Gasteiger partial charge < -0.3 is 19.5 Å². The van der Waals surface area contributed by atoms with Crippen molar-refractivity contribution in [3.8, 4) is 11.5 Å². The number of rotatable bonds is 12. The van der Waals surface area contributed by atoms with E-state index in [0.717, 1.165) is 5.56 Å². The summed E-state index contributed by atoms with van der Waals surface area (Å²) in [7, 11) is 0. The Morgan fingerprint density at radius 1 is 1.06 bits per heavy atom. The van der Waals surface area contributed by atoms with Crippen LogP contribution in [0.1, 0.15) is 49.2 Å². The molecule has 10 heteroatoms. The summed E-state index contributed by atoms with van der Waals surface area (Å²) >= 11 is 3.42. The number of hydrogen-bond donors (Lipinski definition) is 2. The normalized spacial score (nSPS) is 11.8. The third kappa shape index (κ3) is 8.67. The highest BCUT2D eigenvalue weighted by Gasteiger charge is 2.24. The van der Waals surface area contributed by atoms with E-state index in [1.54, 1.807) is 31.2 Å². The predicted molar refractivity (Wildman–Crippen MR) is 140 cm³/mol. The van der Waals surface area contributed by atoms with Crippen LogP contribution in [-0.4, -0.2) is 49.9 Å². The van der Waals surface area contributed by atoms with E-state index >= 15 is 0 Å². The second-order valence-electron chi connectivity index (χ2n) is 8.15. The monoisotopic (exact) mass is 561 g/mol. The minimum Gasteiger partial charge on any atom is -0.490 e. The predicted octanol–water partition coefficient (Wildman–Crippen LogP) is 4.00. The Labute approximate surface area is 219 Å². The van der Waals surface area contributed by atoms with Crippen molar-refractivity contribution in [2.45, 2.75) is 40.7 Å². The summed E-state index contributed by atoms with van der Waals surface area (Å²) in [4.78, 5) is 37.0. The molecule has 0 spiro atoms. The van der Waals surface area contributed by atoms with Crippen LogP contribution in [-0.2, 0) is 14.3 Å². The van der Waals surface area contributed by atoms with E-state index in [1.807, 2.05) is 39.8 Å². The van der Waals surface area contributed by atoms with Gasteiger partial charge in [-0.1, -0.05) is 31.5 Å². The van der Waals surface area contributed by atoms with Gasteiger partial charge in [-0.05, 0) is 72.4 Å². The Bertz CT molecular complexity index is 1090. The maximum Gasteiger partial charge on any atom is 0.344 e. The molecule has 0 aromatic heterocycles. The summed E-state index contributed by atoms with van der Waals surface area (Å²) in [5, 5.41) is 6.81. The number of halogens is 1. The second-order valence-corrected chi connectivity index (χ2v) is 9.01. The second kappa shape index (κ2) is 14.2. The Hall–Kier alpha value is -3.40. The fourth-order valence-electron chi connectivity index (χ4n) is 3.10. The zero-order chi connectivity index (χ0) is 26.7. The van der Waals surface area contributed by atoms with Crippen molar-refractivity contribution in [2.24, 2.45) is 11.0 Å². The number of benzene rings is 2. The molecule has 0 fully saturated rings. The first-order chi connectivity index (χ1) is 17.2. The number of nitrogens with one attached hydrogen (secondary N) is 2. The highest BCUT2D eigenvalue weighted by Crippen LogP contribution is 2.36. The molecule has 2 amide bonds. The first kappa shape index (κ1) is 28.8. The minimum atomic E-state index is -0.777. The number of aryl methyl sites for hydroxylation is 1. The van der Waals surface area contributed by atoms with Crippen molar-refractivity contribution < 1.29 is 28.6 Å². The van der Waals surface area contributed by atoms with Crippen molar-refractivity contribution in [2.75, 3.05) is 19.8 Å². The van der Waals surface area contributed by atoms with Gasteiger partial charge in [-0.2, -0.15) is 5.10 Å². The van der Waals surface area contributed by atoms with Crippen molar-refractivity contribution in [3.05, 3.63) is 57.6 Å². The summed E-state index contributed by atoms with van der Waals surface area (Å²) in [5.41, 5.74) is 4.61. The van der Waals surface area contributed by atoms with Crippen LogP contribution in [0.2, 0.25) is 0 Å². The minimum absolute atomic E-state index is 0.163. The maximum absolute atomic E-state index is 12.8. The fraction of sp³-hybridized carbons (Fsp3) is 0.385. The molecule has 1 unspecified atom stereocenters. The topological polar surface area (TPSA) is 115 Å². The number of carbonyl (C=O) groups excluding carboxylic acids is 3. The van der Waals surface area contributed by atoms with Gasteiger partial charge in [0.15, 0.2) is 18.1 Å². The van der Waals surface area contributed by atoms with Crippen LogP contribution >= 0.6 is 15.9 Å². The molecular formula is C26H32BrN3O6. The van der Waals surface area contributed by atoms with Gasteiger partial charge in [0.1, 0.15) is 6.04 Å². The van der Waals surface area contributed by atoms with E-state index in [4.69, 9.17) is 14.2 Å². The number of ether oxygens (including phenoxy) is 3. The summed E-state index contributed by atoms with van der Waals surface area (Å²) in [6, 6.07) is 9.70. The fourth-order valence-corrected chi connectivity index (χ4v) is 3.68. The quantitative estimate of drug-likeness (QED) is 0.230. The van der Waals surface area contributed by atoms with Gasteiger partial charge in [-0.3, -0.25) is 9.59 Å². The average molecular weight is 562 g/mol. The zero-order valence-electron chi connectivity index (χ0n) is 21.1. The molecule has 0 aliphatic heterocycles. The summed E-state index contributed by atoms with van der Waals surface area (Å²) in [6.07, 6.45) is 1.44. The smallest absolute Gasteiger partial charge is 0.344 e. The summed E-state index contributed by atoms with van der Waals surface area (Å²) < 4.78 is 16.6. The molecule has 0 bridgehead atoms. The molecule has 9 nitrogen and oxygen atoms in total. The van der Waals surface area contributed by atoms with Crippen molar-refractivity contribution in [1.82, 2.24) is 10.7 Å². The largest absolute Gasteiger partial charge is 0.490 e. The van der Waals surface area contributed by atoms with E-state index in [0.29, 0.717) is 33.7 Å². The molecule has 0 saturated carbocycles. The molecule has 2 aromatic rings. The SMILES string of the molecule is CCOC(=O)COc1c(Br)cc(/C=N/NC(=O)C(NC(=O)c2ccc(C)cc2)C(C)C)cc1OCC. The molecule has 2 rings (SSSR count). The zero-order valence-corrected chi connectivity index (χ0v) is 22.7. The molecule has 194 valence electrons. The molecule has 0 radical (unpaired) electrons. The molecule has 0 aliphatic carbocycles. The third-order valence-electron chi connectivity index (χ3n) is 4.91. The van der Waals surface area contributed by atoms with E-state index in [9.17, 15) is 14.4 Å². The van der Waals surface area contributed by atoms with Crippen molar-refractivity contribution in [3.63, 3.8) is 0 Å². The van der Waals surface area contributed by atoms with Gasteiger partial charge in [0.2, 0.25) is 0 Å². The number of hydrazone groups is 1. The van der Waals surface area contributed by atoms with Gasteiger partial charge in [0.25, 0.3) is 11.8 Å². The van der Waals surface area contributed by atoms with Crippen LogP contribution in [0, 0.1) is 12.8 Å². The van der Waals surface area contributed by atoms with Gasteiger partial charge in [-0.15, -0.1) is 0 Å². The number of amides is 2. The Kier molecular flexibility index (Phi) is 11.4. The molecular weight excluding hydrogens is 530 g/mol. The maximum atomic E-state index is 12.8. The molecule has 2 aromatic carbocycles. The lowest BCUT2D eigenvalue weighted by Crippen LogP contribution is -2.48. The molecule has 2 N–H and O–H groups in total. The third-order valence-corrected chi connectivity index (χ3v) is 5.50. The van der Waals surface area contributed by atoms with Crippen LogP contribution in [0.4, 0.5) is 0 Å². The van der Waals surface area contributed by atoms with Crippen LogP contribution in [0.25, 0.3) is 0 Å². The van der Waals surface area contributed by atoms with Gasteiger partial charge in [-0.25, -0.2) is 10.2 Å². The average Bonchev–Trinajstić information content (AvgIpc) is 2.82.